The lowest BCUT2D eigenvalue weighted by Gasteiger charge is -1.97. The van der Waals surface area contributed by atoms with Crippen molar-refractivity contribution in [3.05, 3.63) is 29.6 Å². The highest BCUT2D eigenvalue weighted by Crippen LogP contribution is 2.19. The molecule has 0 fully saturated rings. The molecule has 0 atom stereocenters. The summed E-state index contributed by atoms with van der Waals surface area (Å²) in [5, 5.41) is 8.57. The Morgan fingerprint density at radius 1 is 1.54 bits per heavy atom. The maximum absolute atomic E-state index is 12.6. The Morgan fingerprint density at radius 3 is 2.77 bits per heavy atom. The molecule has 0 amide bonds. The zero-order valence-electron chi connectivity index (χ0n) is 6.32. The lowest BCUT2D eigenvalue weighted by atomic mass is 10.2. The minimum absolute atomic E-state index is 0.232. The van der Waals surface area contributed by atoms with Crippen LogP contribution in [-0.2, 0) is 4.79 Å². The van der Waals surface area contributed by atoms with E-state index >= 15 is 0 Å². The number of hydrogen-bond acceptors (Lipinski definition) is 3. The number of isocyanates is 1. The summed E-state index contributed by atoms with van der Waals surface area (Å²) in [6.07, 6.45) is 1.15. The number of aromatic carboxylic acids is 1. The molecule has 13 heavy (non-hydrogen) atoms. The van der Waals surface area contributed by atoms with Gasteiger partial charge in [0, 0.05) is 6.07 Å². The fourth-order valence-electron chi connectivity index (χ4n) is 0.827. The van der Waals surface area contributed by atoms with Crippen LogP contribution in [-0.4, -0.2) is 17.2 Å². The van der Waals surface area contributed by atoms with Gasteiger partial charge in [0.1, 0.15) is 5.82 Å². The molecule has 0 radical (unpaired) electrons. The second kappa shape index (κ2) is 3.60. The Hall–Kier alpha value is -2.00. The number of halogens is 1. The largest absolute Gasteiger partial charge is 0.478 e. The van der Waals surface area contributed by atoms with E-state index in [0.29, 0.717) is 0 Å². The van der Waals surface area contributed by atoms with Crippen LogP contribution < -0.4 is 0 Å². The van der Waals surface area contributed by atoms with E-state index in [0.717, 1.165) is 24.3 Å². The number of rotatable bonds is 2. The summed E-state index contributed by atoms with van der Waals surface area (Å²) in [7, 11) is 0. The van der Waals surface area contributed by atoms with E-state index in [4.69, 9.17) is 5.11 Å². The summed E-state index contributed by atoms with van der Waals surface area (Å²) >= 11 is 0. The Labute approximate surface area is 72.3 Å². The zero-order chi connectivity index (χ0) is 9.84. The Bertz CT molecular complexity index is 396. The van der Waals surface area contributed by atoms with Crippen molar-refractivity contribution < 1.29 is 19.1 Å². The molecule has 5 heteroatoms. The molecule has 0 saturated carbocycles. The second-order valence-corrected chi connectivity index (χ2v) is 2.17. The lowest BCUT2D eigenvalue weighted by Crippen LogP contribution is -1.96. The monoisotopic (exact) mass is 181 g/mol. The van der Waals surface area contributed by atoms with Crippen molar-refractivity contribution in [1.82, 2.24) is 0 Å². The van der Waals surface area contributed by atoms with Crippen molar-refractivity contribution >= 4 is 17.7 Å². The van der Waals surface area contributed by atoms with Gasteiger partial charge in [0.05, 0.1) is 11.3 Å². The Kier molecular flexibility index (Phi) is 2.52. The van der Waals surface area contributed by atoms with Gasteiger partial charge in [-0.25, -0.2) is 14.0 Å². The number of carbonyl (C=O) groups excluding carboxylic acids is 1. The smallest absolute Gasteiger partial charge is 0.337 e. The standard InChI is InChI=1S/C8H4FNO3/c9-5-1-2-6(8(12)13)7(3-5)10-4-11/h1-3H,(H,12,13). The number of carboxylic acid groups (broad SMARTS) is 1. The Morgan fingerprint density at radius 2 is 2.23 bits per heavy atom. The van der Waals surface area contributed by atoms with E-state index < -0.39 is 11.8 Å². The van der Waals surface area contributed by atoms with Crippen LogP contribution in [0.3, 0.4) is 0 Å². The van der Waals surface area contributed by atoms with E-state index in [9.17, 15) is 14.0 Å². The van der Waals surface area contributed by atoms with Gasteiger partial charge >= 0.3 is 5.97 Å². The van der Waals surface area contributed by atoms with Gasteiger partial charge < -0.3 is 5.11 Å². The van der Waals surface area contributed by atoms with Gasteiger partial charge in [-0.3, -0.25) is 0 Å². The lowest BCUT2D eigenvalue weighted by molar-refractivity contribution is 0.0698. The molecular weight excluding hydrogens is 177 g/mol. The highest BCUT2D eigenvalue weighted by molar-refractivity contribution is 5.93. The molecule has 0 aliphatic rings. The summed E-state index contributed by atoms with van der Waals surface area (Å²) in [6, 6.07) is 2.87. The minimum atomic E-state index is -1.27. The maximum Gasteiger partial charge on any atom is 0.337 e. The normalized spacial score (nSPS) is 9.00. The minimum Gasteiger partial charge on any atom is -0.478 e. The number of carbonyl (C=O) groups is 1. The third-order valence-corrected chi connectivity index (χ3v) is 1.36. The van der Waals surface area contributed by atoms with Crippen LogP contribution in [0.5, 0.6) is 0 Å². The highest BCUT2D eigenvalue weighted by atomic mass is 19.1. The molecule has 0 aromatic heterocycles. The number of carboxylic acids is 1. The topological polar surface area (TPSA) is 66.7 Å². The first kappa shape index (κ1) is 9.09. The maximum atomic E-state index is 12.6. The van der Waals surface area contributed by atoms with Crippen molar-refractivity contribution in [3.8, 4) is 0 Å². The van der Waals surface area contributed by atoms with E-state index in [1.165, 1.54) is 0 Å². The molecule has 0 spiro atoms. The van der Waals surface area contributed by atoms with Crippen LogP contribution in [0.25, 0.3) is 0 Å². The van der Waals surface area contributed by atoms with Crippen LogP contribution in [0.4, 0.5) is 10.1 Å². The molecule has 0 saturated heterocycles. The molecule has 1 aromatic rings. The summed E-state index contributed by atoms with van der Waals surface area (Å²) in [4.78, 5) is 23.4. The van der Waals surface area contributed by atoms with Gasteiger partial charge in [0.2, 0.25) is 6.08 Å². The van der Waals surface area contributed by atoms with Crippen molar-refractivity contribution in [2.24, 2.45) is 4.99 Å². The molecular formula is C8H4FNO3. The van der Waals surface area contributed by atoms with Crippen molar-refractivity contribution in [1.29, 1.82) is 0 Å². The fourth-order valence-corrected chi connectivity index (χ4v) is 0.827. The quantitative estimate of drug-likeness (QED) is 0.555. The number of hydrogen-bond donors (Lipinski definition) is 1. The van der Waals surface area contributed by atoms with Gasteiger partial charge in [-0.15, -0.1) is 0 Å². The molecule has 1 rings (SSSR count). The summed E-state index contributed by atoms with van der Waals surface area (Å²) in [5.74, 6) is -1.92. The highest BCUT2D eigenvalue weighted by Gasteiger charge is 2.09. The summed E-state index contributed by atoms with van der Waals surface area (Å²) < 4.78 is 12.6. The summed E-state index contributed by atoms with van der Waals surface area (Å²) in [6.45, 7) is 0. The van der Waals surface area contributed by atoms with Crippen LogP contribution in [0.1, 0.15) is 10.4 Å². The first-order chi connectivity index (χ1) is 6.15. The molecule has 0 aliphatic carbocycles. The summed E-state index contributed by atoms with van der Waals surface area (Å²) in [5.41, 5.74) is -0.466. The van der Waals surface area contributed by atoms with Gasteiger partial charge in [-0.2, -0.15) is 4.99 Å². The second-order valence-electron chi connectivity index (χ2n) is 2.17. The van der Waals surface area contributed by atoms with Gasteiger partial charge in [0.25, 0.3) is 0 Å². The average Bonchev–Trinajstić information content (AvgIpc) is 2.04. The van der Waals surface area contributed by atoms with Crippen LogP contribution in [0.2, 0.25) is 0 Å². The predicted molar refractivity (Wildman–Crippen MR) is 41.1 cm³/mol. The van der Waals surface area contributed by atoms with E-state index in [1.807, 2.05) is 0 Å². The third-order valence-electron chi connectivity index (χ3n) is 1.36. The van der Waals surface area contributed by atoms with E-state index in [-0.39, 0.29) is 11.3 Å². The van der Waals surface area contributed by atoms with Crippen LogP contribution in [0.15, 0.2) is 23.2 Å². The molecule has 4 nitrogen and oxygen atoms in total. The third kappa shape index (κ3) is 1.98. The molecule has 0 unspecified atom stereocenters. The van der Waals surface area contributed by atoms with Crippen LogP contribution >= 0.6 is 0 Å². The van der Waals surface area contributed by atoms with E-state index in [2.05, 4.69) is 4.99 Å². The number of benzene rings is 1. The molecule has 66 valence electrons. The molecule has 0 aliphatic heterocycles. The van der Waals surface area contributed by atoms with Gasteiger partial charge in [0.15, 0.2) is 0 Å². The number of nitrogens with zero attached hydrogens (tertiary/aromatic N) is 1. The predicted octanol–water partition coefficient (Wildman–Crippen LogP) is 1.49. The molecule has 1 N–H and O–H groups in total. The fraction of sp³-hybridized carbons (Fsp3) is 0. The van der Waals surface area contributed by atoms with Crippen LogP contribution in [0, 0.1) is 5.82 Å². The van der Waals surface area contributed by atoms with Gasteiger partial charge in [-0.1, -0.05) is 0 Å². The van der Waals surface area contributed by atoms with Crippen molar-refractivity contribution in [2.75, 3.05) is 0 Å². The zero-order valence-corrected chi connectivity index (χ0v) is 6.32. The van der Waals surface area contributed by atoms with Crippen molar-refractivity contribution in [2.45, 2.75) is 0 Å². The number of aliphatic imine (C=N–C) groups is 1. The molecule has 1 aromatic carbocycles. The van der Waals surface area contributed by atoms with Gasteiger partial charge in [-0.05, 0) is 12.1 Å². The molecule has 0 heterocycles. The average molecular weight is 181 g/mol. The molecule has 0 bridgehead atoms. The SMILES string of the molecule is O=C=Nc1cc(F)ccc1C(=O)O. The van der Waals surface area contributed by atoms with Crippen molar-refractivity contribution in [3.63, 3.8) is 0 Å². The van der Waals surface area contributed by atoms with E-state index in [1.54, 1.807) is 0 Å². The first-order valence-electron chi connectivity index (χ1n) is 3.26. The Balaban J connectivity index is 3.34. The first-order valence-corrected chi connectivity index (χ1v) is 3.26.